The fourth-order valence-electron chi connectivity index (χ4n) is 1.80. The molecule has 0 aliphatic heterocycles. The number of carbonyl (C=O) groups excluding carboxylic acids is 1. The van der Waals surface area contributed by atoms with Crippen molar-refractivity contribution >= 4 is 18.0 Å². The van der Waals surface area contributed by atoms with Crippen LogP contribution in [0.2, 0.25) is 0 Å². The SMILES string of the molecule is COc1ccc(C=CC(=O)N[C@H](CC(C)C)C(=O)O)cc1. The molecule has 5 nitrogen and oxygen atoms in total. The second kappa shape index (κ2) is 8.09. The van der Waals surface area contributed by atoms with Gasteiger partial charge in [-0.2, -0.15) is 0 Å². The van der Waals surface area contributed by atoms with Crippen LogP contribution in [-0.2, 0) is 9.59 Å². The lowest BCUT2D eigenvalue weighted by atomic mass is 10.0. The van der Waals surface area contributed by atoms with E-state index in [2.05, 4.69) is 5.32 Å². The number of rotatable bonds is 7. The van der Waals surface area contributed by atoms with Gasteiger partial charge in [0.2, 0.25) is 5.91 Å². The smallest absolute Gasteiger partial charge is 0.326 e. The Morgan fingerprint density at radius 1 is 1.29 bits per heavy atom. The van der Waals surface area contributed by atoms with Crippen LogP contribution in [0.1, 0.15) is 25.8 Å². The molecule has 5 heteroatoms. The molecule has 0 fully saturated rings. The van der Waals surface area contributed by atoms with Gasteiger partial charge in [0, 0.05) is 6.08 Å². The molecule has 0 heterocycles. The number of methoxy groups -OCH3 is 1. The number of carboxylic acids is 1. The van der Waals surface area contributed by atoms with Gasteiger partial charge in [0.1, 0.15) is 11.8 Å². The number of ether oxygens (including phenoxy) is 1. The van der Waals surface area contributed by atoms with Crippen molar-refractivity contribution in [2.45, 2.75) is 26.3 Å². The first kappa shape index (κ1) is 16.8. The largest absolute Gasteiger partial charge is 0.497 e. The maximum absolute atomic E-state index is 11.7. The molecule has 114 valence electrons. The highest BCUT2D eigenvalue weighted by molar-refractivity contribution is 5.94. The Labute approximate surface area is 124 Å². The highest BCUT2D eigenvalue weighted by atomic mass is 16.5. The van der Waals surface area contributed by atoms with E-state index < -0.39 is 17.9 Å². The van der Waals surface area contributed by atoms with Crippen LogP contribution in [0, 0.1) is 5.92 Å². The minimum atomic E-state index is -1.02. The van der Waals surface area contributed by atoms with Gasteiger partial charge in [-0.05, 0) is 36.1 Å². The zero-order valence-corrected chi connectivity index (χ0v) is 12.5. The van der Waals surface area contributed by atoms with Crippen LogP contribution in [0.4, 0.5) is 0 Å². The van der Waals surface area contributed by atoms with E-state index >= 15 is 0 Å². The quantitative estimate of drug-likeness (QED) is 0.756. The first-order valence-corrected chi connectivity index (χ1v) is 6.77. The predicted molar refractivity (Wildman–Crippen MR) is 81.0 cm³/mol. The average molecular weight is 291 g/mol. The number of hydrogen-bond donors (Lipinski definition) is 2. The Hall–Kier alpha value is -2.30. The first-order chi connectivity index (χ1) is 9.92. The van der Waals surface area contributed by atoms with Gasteiger partial charge < -0.3 is 15.2 Å². The van der Waals surface area contributed by atoms with E-state index in [0.717, 1.165) is 11.3 Å². The fourth-order valence-corrected chi connectivity index (χ4v) is 1.80. The van der Waals surface area contributed by atoms with Crippen molar-refractivity contribution in [1.29, 1.82) is 0 Å². The van der Waals surface area contributed by atoms with Gasteiger partial charge >= 0.3 is 5.97 Å². The number of carbonyl (C=O) groups is 2. The summed E-state index contributed by atoms with van der Waals surface area (Å²) >= 11 is 0. The lowest BCUT2D eigenvalue weighted by Crippen LogP contribution is -2.40. The molecule has 21 heavy (non-hydrogen) atoms. The minimum absolute atomic E-state index is 0.192. The van der Waals surface area contributed by atoms with Crippen molar-refractivity contribution in [2.24, 2.45) is 5.92 Å². The topological polar surface area (TPSA) is 75.6 Å². The molecule has 1 rings (SSSR count). The van der Waals surface area contributed by atoms with Crippen LogP contribution in [0.3, 0.4) is 0 Å². The standard InChI is InChI=1S/C16H21NO4/c1-11(2)10-14(16(19)20)17-15(18)9-6-12-4-7-13(21-3)8-5-12/h4-9,11,14H,10H2,1-3H3,(H,17,18)(H,19,20)/t14-/m1/s1. The predicted octanol–water partition coefficient (Wildman–Crippen LogP) is 2.32. The lowest BCUT2D eigenvalue weighted by Gasteiger charge is -2.15. The summed E-state index contributed by atoms with van der Waals surface area (Å²) in [5.74, 6) is -0.509. The number of amides is 1. The number of benzene rings is 1. The van der Waals surface area contributed by atoms with Crippen molar-refractivity contribution in [2.75, 3.05) is 7.11 Å². The van der Waals surface area contributed by atoms with Crippen LogP contribution in [-0.4, -0.2) is 30.1 Å². The number of aliphatic carboxylic acids is 1. The Kier molecular flexibility index (Phi) is 6.46. The summed E-state index contributed by atoms with van der Waals surface area (Å²) in [6.45, 7) is 3.82. The summed E-state index contributed by atoms with van der Waals surface area (Å²) in [7, 11) is 1.58. The third-order valence-corrected chi connectivity index (χ3v) is 2.86. The molecule has 1 aromatic rings. The Morgan fingerprint density at radius 2 is 1.90 bits per heavy atom. The van der Waals surface area contributed by atoms with Gasteiger partial charge in [-0.25, -0.2) is 4.79 Å². The zero-order chi connectivity index (χ0) is 15.8. The maximum Gasteiger partial charge on any atom is 0.326 e. The first-order valence-electron chi connectivity index (χ1n) is 6.77. The van der Waals surface area contributed by atoms with Crippen LogP contribution in [0.15, 0.2) is 30.3 Å². The number of nitrogens with one attached hydrogen (secondary N) is 1. The van der Waals surface area contributed by atoms with Crippen LogP contribution >= 0.6 is 0 Å². The van der Waals surface area contributed by atoms with Gasteiger partial charge in [-0.15, -0.1) is 0 Å². The molecule has 0 aliphatic carbocycles. The Morgan fingerprint density at radius 3 is 2.38 bits per heavy atom. The highest BCUT2D eigenvalue weighted by Gasteiger charge is 2.19. The summed E-state index contributed by atoms with van der Waals surface area (Å²) in [5.41, 5.74) is 0.835. The molecule has 0 bridgehead atoms. The summed E-state index contributed by atoms with van der Waals surface area (Å²) < 4.78 is 5.04. The molecule has 1 aromatic carbocycles. The summed E-state index contributed by atoms with van der Waals surface area (Å²) in [4.78, 5) is 22.8. The molecular weight excluding hydrogens is 270 g/mol. The minimum Gasteiger partial charge on any atom is -0.497 e. The molecule has 0 spiro atoms. The molecule has 0 aromatic heterocycles. The van der Waals surface area contributed by atoms with Crippen molar-refractivity contribution in [3.05, 3.63) is 35.9 Å². The maximum atomic E-state index is 11.7. The normalized spacial score (nSPS) is 12.4. The van der Waals surface area contributed by atoms with Crippen molar-refractivity contribution in [3.63, 3.8) is 0 Å². The van der Waals surface area contributed by atoms with E-state index in [-0.39, 0.29) is 5.92 Å². The van der Waals surface area contributed by atoms with E-state index in [1.54, 1.807) is 25.3 Å². The number of hydrogen-bond acceptors (Lipinski definition) is 3. The van der Waals surface area contributed by atoms with Crippen molar-refractivity contribution in [3.8, 4) is 5.75 Å². The monoisotopic (exact) mass is 291 g/mol. The fraction of sp³-hybridized carbons (Fsp3) is 0.375. The molecule has 2 N–H and O–H groups in total. The van der Waals surface area contributed by atoms with Crippen LogP contribution in [0.5, 0.6) is 5.75 Å². The second-order valence-corrected chi connectivity index (χ2v) is 5.14. The van der Waals surface area contributed by atoms with Gasteiger partial charge in [0.05, 0.1) is 7.11 Å². The van der Waals surface area contributed by atoms with Gasteiger partial charge in [-0.1, -0.05) is 26.0 Å². The lowest BCUT2D eigenvalue weighted by molar-refractivity contribution is -0.141. The Bertz CT molecular complexity index is 506. The van der Waals surface area contributed by atoms with Crippen molar-refractivity contribution < 1.29 is 19.4 Å². The molecule has 1 amide bonds. The molecule has 0 saturated heterocycles. The second-order valence-electron chi connectivity index (χ2n) is 5.14. The summed E-state index contributed by atoms with van der Waals surface area (Å²) in [6.07, 6.45) is 3.36. The average Bonchev–Trinajstić information content (AvgIpc) is 2.44. The van der Waals surface area contributed by atoms with Crippen molar-refractivity contribution in [1.82, 2.24) is 5.32 Å². The van der Waals surface area contributed by atoms with E-state index in [1.807, 2.05) is 26.0 Å². The summed E-state index contributed by atoms with van der Waals surface area (Å²) in [5, 5.41) is 11.6. The summed E-state index contributed by atoms with van der Waals surface area (Å²) in [6, 6.07) is 6.34. The zero-order valence-electron chi connectivity index (χ0n) is 12.5. The Balaban J connectivity index is 2.61. The van der Waals surface area contributed by atoms with Crippen LogP contribution in [0.25, 0.3) is 6.08 Å². The van der Waals surface area contributed by atoms with E-state index in [4.69, 9.17) is 9.84 Å². The molecular formula is C16H21NO4. The molecule has 0 aliphatic rings. The van der Waals surface area contributed by atoms with Gasteiger partial charge in [0.15, 0.2) is 0 Å². The van der Waals surface area contributed by atoms with Gasteiger partial charge in [-0.3, -0.25) is 4.79 Å². The van der Waals surface area contributed by atoms with Gasteiger partial charge in [0.25, 0.3) is 0 Å². The third kappa shape index (κ3) is 6.12. The molecule has 1 atom stereocenters. The van der Waals surface area contributed by atoms with E-state index in [0.29, 0.717) is 6.42 Å². The third-order valence-electron chi connectivity index (χ3n) is 2.86. The molecule has 0 saturated carbocycles. The molecule has 0 unspecified atom stereocenters. The highest BCUT2D eigenvalue weighted by Crippen LogP contribution is 2.12. The molecule has 0 radical (unpaired) electrons. The van der Waals surface area contributed by atoms with E-state index in [1.165, 1.54) is 6.08 Å². The number of carboxylic acid groups (broad SMARTS) is 1. The van der Waals surface area contributed by atoms with E-state index in [9.17, 15) is 9.59 Å². The van der Waals surface area contributed by atoms with Crippen LogP contribution < -0.4 is 10.1 Å².